The second kappa shape index (κ2) is 9.10. The molecule has 0 unspecified atom stereocenters. The van der Waals surface area contributed by atoms with Crippen molar-refractivity contribution in [2.75, 3.05) is 35.0 Å². The Balaban J connectivity index is 2.05. The van der Waals surface area contributed by atoms with E-state index in [1.165, 1.54) is 0 Å². The summed E-state index contributed by atoms with van der Waals surface area (Å²) in [5.74, 6) is 2.21. The van der Waals surface area contributed by atoms with Gasteiger partial charge in [-0.05, 0) is 55.7 Å². The molecule has 1 aliphatic heterocycles. The Labute approximate surface area is 193 Å². The summed E-state index contributed by atoms with van der Waals surface area (Å²) in [6.07, 6.45) is 0.807. The van der Waals surface area contributed by atoms with Gasteiger partial charge < -0.3 is 28.3 Å². The molecule has 0 saturated heterocycles. The van der Waals surface area contributed by atoms with Crippen LogP contribution in [0.2, 0.25) is 0 Å². The van der Waals surface area contributed by atoms with Gasteiger partial charge in [-0.1, -0.05) is 0 Å². The molecule has 0 aliphatic carbocycles. The monoisotopic (exact) mass is 451 g/mol. The average molecular weight is 452 g/mol. The number of benzene rings is 2. The van der Waals surface area contributed by atoms with Crippen molar-refractivity contribution in [2.45, 2.75) is 26.8 Å². The molecule has 4 rings (SSSR count). The largest absolute Gasteiger partial charge is 0.497 e. The van der Waals surface area contributed by atoms with E-state index in [0.29, 0.717) is 28.6 Å². The smallest absolute Gasteiger partial charge is 0.340 e. The standard InChI is InChI=1S/C26H29NO6/c1-7-33-26(28)24-23(17-10-18(29-3)13-19(11-17)30-4)15(2)27-9-8-16-12-21(31-5)22(32-6)14-20(16)25(24)27/h10-14H,7-9H2,1-6H3. The molecule has 0 bridgehead atoms. The molecule has 2 aromatic carbocycles. The second-order valence-corrected chi connectivity index (χ2v) is 7.77. The normalized spacial score (nSPS) is 11.9. The van der Waals surface area contributed by atoms with Crippen molar-refractivity contribution < 1.29 is 28.5 Å². The highest BCUT2D eigenvalue weighted by molar-refractivity contribution is 6.05. The van der Waals surface area contributed by atoms with E-state index in [9.17, 15) is 4.79 Å². The average Bonchev–Trinajstić information content (AvgIpc) is 3.15. The van der Waals surface area contributed by atoms with Crippen molar-refractivity contribution in [3.63, 3.8) is 0 Å². The zero-order valence-electron chi connectivity index (χ0n) is 19.9. The summed E-state index contributed by atoms with van der Waals surface area (Å²) in [6, 6.07) is 9.57. The van der Waals surface area contributed by atoms with Gasteiger partial charge in [0.2, 0.25) is 0 Å². The van der Waals surface area contributed by atoms with Crippen LogP contribution in [0.4, 0.5) is 0 Å². The van der Waals surface area contributed by atoms with Crippen molar-refractivity contribution in [1.29, 1.82) is 0 Å². The Hall–Kier alpha value is -3.61. The Kier molecular flexibility index (Phi) is 6.22. The van der Waals surface area contributed by atoms with Gasteiger partial charge in [-0.25, -0.2) is 4.79 Å². The molecular weight excluding hydrogens is 422 g/mol. The zero-order chi connectivity index (χ0) is 23.7. The summed E-state index contributed by atoms with van der Waals surface area (Å²) in [7, 11) is 6.45. The second-order valence-electron chi connectivity index (χ2n) is 7.77. The lowest BCUT2D eigenvalue weighted by molar-refractivity contribution is 0.0528. The van der Waals surface area contributed by atoms with Gasteiger partial charge in [-0.2, -0.15) is 0 Å². The van der Waals surface area contributed by atoms with Gasteiger partial charge in [0.25, 0.3) is 0 Å². The number of ether oxygens (including phenoxy) is 5. The molecule has 0 radical (unpaired) electrons. The zero-order valence-corrected chi connectivity index (χ0v) is 19.9. The number of rotatable bonds is 7. The molecule has 1 aromatic heterocycles. The molecule has 7 nitrogen and oxygen atoms in total. The highest BCUT2D eigenvalue weighted by Crippen LogP contribution is 2.46. The van der Waals surface area contributed by atoms with Crippen LogP contribution in [0, 0.1) is 6.92 Å². The Morgan fingerprint density at radius 2 is 1.55 bits per heavy atom. The van der Waals surface area contributed by atoms with Crippen LogP contribution in [0.1, 0.15) is 28.5 Å². The van der Waals surface area contributed by atoms with Gasteiger partial charge in [0, 0.05) is 29.4 Å². The number of hydrogen-bond acceptors (Lipinski definition) is 6. The topological polar surface area (TPSA) is 68.2 Å². The predicted molar refractivity (Wildman–Crippen MR) is 126 cm³/mol. The van der Waals surface area contributed by atoms with Gasteiger partial charge in [0.1, 0.15) is 11.5 Å². The van der Waals surface area contributed by atoms with Crippen LogP contribution in [0.3, 0.4) is 0 Å². The van der Waals surface area contributed by atoms with Gasteiger partial charge in [-0.3, -0.25) is 0 Å². The van der Waals surface area contributed by atoms with Crippen LogP contribution in [-0.4, -0.2) is 45.6 Å². The summed E-state index contributed by atoms with van der Waals surface area (Å²) in [6.45, 7) is 4.85. The lowest BCUT2D eigenvalue weighted by atomic mass is 9.93. The van der Waals surface area contributed by atoms with E-state index in [4.69, 9.17) is 23.7 Å². The first-order valence-electron chi connectivity index (χ1n) is 10.9. The third-order valence-corrected chi connectivity index (χ3v) is 6.11. The molecule has 0 amide bonds. The minimum Gasteiger partial charge on any atom is -0.497 e. The first kappa shape index (κ1) is 22.6. The third-order valence-electron chi connectivity index (χ3n) is 6.11. The van der Waals surface area contributed by atoms with Crippen molar-refractivity contribution in [3.05, 3.63) is 47.2 Å². The van der Waals surface area contributed by atoms with Crippen molar-refractivity contribution >= 4 is 5.97 Å². The van der Waals surface area contributed by atoms with Crippen molar-refractivity contribution in [3.8, 4) is 45.4 Å². The number of aryl methyl sites for hydroxylation is 1. The van der Waals surface area contributed by atoms with E-state index in [1.54, 1.807) is 28.4 Å². The maximum Gasteiger partial charge on any atom is 0.340 e. The highest BCUT2D eigenvalue weighted by atomic mass is 16.5. The summed E-state index contributed by atoms with van der Waals surface area (Å²) >= 11 is 0. The fraction of sp³-hybridized carbons (Fsp3) is 0.346. The summed E-state index contributed by atoms with van der Waals surface area (Å²) in [4.78, 5) is 13.4. The lowest BCUT2D eigenvalue weighted by Gasteiger charge is -2.23. The summed E-state index contributed by atoms with van der Waals surface area (Å²) in [5, 5.41) is 0. The lowest BCUT2D eigenvalue weighted by Crippen LogP contribution is -2.15. The number of aromatic nitrogens is 1. The number of carbonyl (C=O) groups is 1. The van der Waals surface area contributed by atoms with E-state index >= 15 is 0 Å². The van der Waals surface area contributed by atoms with Gasteiger partial charge in [0.15, 0.2) is 11.5 Å². The van der Waals surface area contributed by atoms with Crippen LogP contribution in [-0.2, 0) is 17.7 Å². The molecule has 1 aliphatic rings. The van der Waals surface area contributed by atoms with Gasteiger partial charge in [0.05, 0.1) is 46.3 Å². The van der Waals surface area contributed by atoms with E-state index < -0.39 is 0 Å². The van der Waals surface area contributed by atoms with Crippen LogP contribution >= 0.6 is 0 Å². The molecule has 7 heteroatoms. The van der Waals surface area contributed by atoms with Crippen LogP contribution in [0.25, 0.3) is 22.4 Å². The van der Waals surface area contributed by atoms with E-state index in [1.807, 2.05) is 44.2 Å². The Morgan fingerprint density at radius 3 is 2.12 bits per heavy atom. The first-order valence-corrected chi connectivity index (χ1v) is 10.9. The molecule has 174 valence electrons. The molecule has 2 heterocycles. The van der Waals surface area contributed by atoms with Gasteiger partial charge in [-0.15, -0.1) is 0 Å². The minimum atomic E-state index is -0.367. The van der Waals surface area contributed by atoms with Crippen molar-refractivity contribution in [1.82, 2.24) is 4.57 Å². The minimum absolute atomic E-state index is 0.280. The Bertz CT molecular complexity index is 1190. The number of hydrogen-bond donors (Lipinski definition) is 0. The van der Waals surface area contributed by atoms with Crippen molar-refractivity contribution in [2.24, 2.45) is 0 Å². The quantitative estimate of drug-likeness (QED) is 0.476. The summed E-state index contributed by atoms with van der Waals surface area (Å²) < 4.78 is 29.8. The molecule has 0 saturated carbocycles. The molecule has 33 heavy (non-hydrogen) atoms. The van der Waals surface area contributed by atoms with E-state index in [-0.39, 0.29) is 12.6 Å². The summed E-state index contributed by atoms with van der Waals surface area (Å²) in [5.41, 5.74) is 6.00. The van der Waals surface area contributed by atoms with Crippen LogP contribution < -0.4 is 18.9 Å². The molecule has 0 N–H and O–H groups in total. The van der Waals surface area contributed by atoms with E-state index in [0.717, 1.165) is 46.6 Å². The molecule has 0 atom stereocenters. The highest BCUT2D eigenvalue weighted by Gasteiger charge is 2.32. The number of carbonyl (C=O) groups excluding carboxylic acids is 1. The SMILES string of the molecule is CCOC(=O)c1c(-c2cc(OC)cc(OC)c2)c(C)n2c1-c1cc(OC)c(OC)cc1CC2. The third kappa shape index (κ3) is 3.77. The van der Waals surface area contributed by atoms with E-state index in [2.05, 4.69) is 4.57 Å². The molecule has 3 aromatic rings. The fourth-order valence-electron chi connectivity index (χ4n) is 4.58. The number of nitrogens with zero attached hydrogens (tertiary/aromatic N) is 1. The molecule has 0 fully saturated rings. The Morgan fingerprint density at radius 1 is 0.909 bits per heavy atom. The maximum atomic E-state index is 13.4. The van der Waals surface area contributed by atoms with Gasteiger partial charge >= 0.3 is 5.97 Å². The number of methoxy groups -OCH3 is 4. The fourth-order valence-corrected chi connectivity index (χ4v) is 4.58. The number of esters is 1. The molecule has 0 spiro atoms. The predicted octanol–water partition coefficient (Wildman–Crippen LogP) is 4.90. The van der Waals surface area contributed by atoms with Crippen LogP contribution in [0.15, 0.2) is 30.3 Å². The number of fused-ring (bicyclic) bond motifs is 3. The maximum absolute atomic E-state index is 13.4. The first-order chi connectivity index (χ1) is 16.0. The molecular formula is C26H29NO6. The van der Waals surface area contributed by atoms with Crippen LogP contribution in [0.5, 0.6) is 23.0 Å².